The van der Waals surface area contributed by atoms with Crippen LogP contribution in [0.2, 0.25) is 0 Å². The highest BCUT2D eigenvalue weighted by atomic mass is 79.9. The predicted octanol–water partition coefficient (Wildman–Crippen LogP) is 3.07. The van der Waals surface area contributed by atoms with Gasteiger partial charge < -0.3 is 4.74 Å². The van der Waals surface area contributed by atoms with Crippen LogP contribution in [-0.2, 0) is 0 Å². The lowest BCUT2D eigenvalue weighted by Crippen LogP contribution is -2.32. The van der Waals surface area contributed by atoms with Crippen molar-refractivity contribution in [3.63, 3.8) is 0 Å². The number of nitrogens with one attached hydrogen (secondary N) is 1. The predicted molar refractivity (Wildman–Crippen MR) is 90.2 cm³/mol. The number of carbonyl (C=O) groups is 1. The highest BCUT2D eigenvalue weighted by molar-refractivity contribution is 9.10. The van der Waals surface area contributed by atoms with E-state index in [0.717, 1.165) is 0 Å². The zero-order valence-electron chi connectivity index (χ0n) is 12.3. The zero-order chi connectivity index (χ0) is 16.1. The van der Waals surface area contributed by atoms with Gasteiger partial charge in [-0.2, -0.15) is 0 Å². The normalized spacial score (nSPS) is 10.2. The molecule has 0 radical (unpaired) electrons. The van der Waals surface area contributed by atoms with Crippen molar-refractivity contribution in [2.75, 3.05) is 25.8 Å². The molecule has 0 fully saturated rings. The van der Waals surface area contributed by atoms with E-state index in [-0.39, 0.29) is 5.91 Å². The Morgan fingerprint density at radius 2 is 2.05 bits per heavy atom. The Labute approximate surface area is 141 Å². The summed E-state index contributed by atoms with van der Waals surface area (Å²) in [6.07, 6.45) is 3.53. The molecule has 1 heterocycles. The molecule has 0 aliphatic heterocycles. The summed E-state index contributed by atoms with van der Waals surface area (Å²) in [4.78, 5) is 20.8. The molecule has 0 saturated carbocycles. The molecule has 116 valence electrons. The van der Waals surface area contributed by atoms with Gasteiger partial charge in [-0.1, -0.05) is 11.8 Å². The van der Waals surface area contributed by atoms with E-state index < -0.39 is 0 Å². The van der Waals surface area contributed by atoms with Gasteiger partial charge in [0.1, 0.15) is 5.75 Å². The van der Waals surface area contributed by atoms with Crippen LogP contribution in [0.25, 0.3) is 0 Å². The Hall–Kier alpha value is -1.80. The minimum absolute atomic E-state index is 0.182. The lowest BCUT2D eigenvalue weighted by molar-refractivity contribution is 0.0825. The third kappa shape index (κ3) is 3.89. The van der Waals surface area contributed by atoms with Gasteiger partial charge in [-0.05, 0) is 46.5 Å². The first-order valence-electron chi connectivity index (χ1n) is 6.30. The van der Waals surface area contributed by atoms with Gasteiger partial charge in [0, 0.05) is 18.8 Å². The first-order chi connectivity index (χ1) is 10.5. The zero-order valence-corrected chi connectivity index (χ0v) is 14.7. The molecule has 8 heteroatoms. The summed E-state index contributed by atoms with van der Waals surface area (Å²) >= 11 is 4.79. The lowest BCUT2D eigenvalue weighted by atomic mass is 10.2. The van der Waals surface area contributed by atoms with Crippen molar-refractivity contribution in [1.29, 1.82) is 0 Å². The van der Waals surface area contributed by atoms with Gasteiger partial charge in [-0.3, -0.25) is 15.2 Å². The Kier molecular flexibility index (Phi) is 5.62. The van der Waals surface area contributed by atoms with Crippen molar-refractivity contribution in [1.82, 2.24) is 15.0 Å². The fourth-order valence-corrected chi connectivity index (χ4v) is 2.28. The molecular formula is C14H15BrN4O2S. The van der Waals surface area contributed by atoms with Gasteiger partial charge in [0.15, 0.2) is 11.0 Å². The average Bonchev–Trinajstić information content (AvgIpc) is 2.56. The monoisotopic (exact) mass is 382 g/mol. The van der Waals surface area contributed by atoms with E-state index in [0.29, 0.717) is 26.8 Å². The molecule has 0 bridgehead atoms. The molecule has 0 unspecified atom stereocenters. The van der Waals surface area contributed by atoms with Crippen LogP contribution in [0.3, 0.4) is 0 Å². The Morgan fingerprint density at radius 3 is 2.64 bits per heavy atom. The number of amides is 1. The van der Waals surface area contributed by atoms with Gasteiger partial charge in [-0.15, -0.1) is 0 Å². The first kappa shape index (κ1) is 16.6. The second-order valence-corrected chi connectivity index (χ2v) is 5.89. The number of nitrogens with zero attached hydrogens (tertiary/aromatic N) is 3. The summed E-state index contributed by atoms with van der Waals surface area (Å²) in [5, 5.41) is 2.00. The molecule has 0 aliphatic rings. The van der Waals surface area contributed by atoms with Crippen LogP contribution < -0.4 is 10.2 Å². The summed E-state index contributed by atoms with van der Waals surface area (Å²) in [6.45, 7) is 0. The summed E-state index contributed by atoms with van der Waals surface area (Å²) in [7, 11) is 3.22. The van der Waals surface area contributed by atoms with Crippen molar-refractivity contribution in [2.45, 2.75) is 5.16 Å². The summed E-state index contributed by atoms with van der Waals surface area (Å²) < 4.78 is 5.76. The molecule has 0 saturated heterocycles. The van der Waals surface area contributed by atoms with Gasteiger partial charge in [0.05, 0.1) is 11.6 Å². The van der Waals surface area contributed by atoms with E-state index in [1.807, 2.05) is 6.26 Å². The maximum Gasteiger partial charge on any atom is 0.271 e. The van der Waals surface area contributed by atoms with Crippen LogP contribution in [0.4, 0.5) is 5.82 Å². The number of benzene rings is 1. The quantitative estimate of drug-likeness (QED) is 0.486. The molecular weight excluding hydrogens is 368 g/mol. The lowest BCUT2D eigenvalue weighted by Gasteiger charge is -2.20. The van der Waals surface area contributed by atoms with Crippen LogP contribution >= 0.6 is 27.7 Å². The number of halogens is 1. The molecule has 1 N–H and O–H groups in total. The molecule has 1 aromatic heterocycles. The van der Waals surface area contributed by atoms with Crippen molar-refractivity contribution in [2.24, 2.45) is 0 Å². The molecule has 2 aromatic rings. The van der Waals surface area contributed by atoms with E-state index in [2.05, 4.69) is 31.3 Å². The molecule has 6 nitrogen and oxygen atoms in total. The Bertz CT molecular complexity index is 666. The fourth-order valence-electron chi connectivity index (χ4n) is 1.66. The van der Waals surface area contributed by atoms with Crippen molar-refractivity contribution >= 4 is 39.4 Å². The van der Waals surface area contributed by atoms with E-state index in [1.54, 1.807) is 44.6 Å². The topological polar surface area (TPSA) is 67.3 Å². The number of thioether (sulfide) groups is 1. The molecule has 22 heavy (non-hydrogen) atoms. The third-order valence-corrected chi connectivity index (χ3v) is 3.96. The van der Waals surface area contributed by atoms with Crippen molar-refractivity contribution < 1.29 is 9.53 Å². The molecule has 1 aromatic carbocycles. The number of aromatic nitrogens is 2. The highest BCUT2D eigenvalue weighted by Gasteiger charge is 2.14. The maximum absolute atomic E-state index is 12.4. The molecule has 0 spiro atoms. The number of hydrogen-bond acceptors (Lipinski definition) is 6. The fraction of sp³-hybridized carbons (Fsp3) is 0.214. The van der Waals surface area contributed by atoms with Crippen molar-refractivity contribution in [3.8, 4) is 5.75 Å². The van der Waals surface area contributed by atoms with Crippen LogP contribution in [-0.4, -0.2) is 41.3 Å². The number of methoxy groups -OCH3 is 1. The second-order valence-electron chi connectivity index (χ2n) is 4.26. The van der Waals surface area contributed by atoms with E-state index in [4.69, 9.17) is 4.74 Å². The molecule has 2 rings (SSSR count). The molecule has 0 aliphatic carbocycles. The smallest absolute Gasteiger partial charge is 0.271 e. The molecule has 1 amide bonds. The van der Waals surface area contributed by atoms with Gasteiger partial charge >= 0.3 is 0 Å². The standard InChI is InChI=1S/C14H15BrN4O2S/c1-19(13(20)9-4-6-10(21-2)7-5-9)18-12-11(15)8-16-14(17-12)22-3/h4-8H,1-3H3,(H,16,17,18). The van der Waals surface area contributed by atoms with Gasteiger partial charge in [-0.25, -0.2) is 9.97 Å². The summed E-state index contributed by atoms with van der Waals surface area (Å²) in [5.41, 5.74) is 3.50. The third-order valence-electron chi connectivity index (χ3n) is 2.82. The number of hydrazine groups is 1. The number of rotatable bonds is 5. The number of anilines is 1. The van der Waals surface area contributed by atoms with Gasteiger partial charge in [0.25, 0.3) is 5.91 Å². The Balaban J connectivity index is 2.13. The van der Waals surface area contributed by atoms with Crippen LogP contribution in [0.1, 0.15) is 10.4 Å². The number of hydrogen-bond donors (Lipinski definition) is 1. The minimum atomic E-state index is -0.182. The summed E-state index contributed by atoms with van der Waals surface area (Å²) in [6, 6.07) is 6.91. The Morgan fingerprint density at radius 1 is 1.36 bits per heavy atom. The minimum Gasteiger partial charge on any atom is -0.497 e. The highest BCUT2D eigenvalue weighted by Crippen LogP contribution is 2.22. The van der Waals surface area contributed by atoms with E-state index >= 15 is 0 Å². The van der Waals surface area contributed by atoms with Crippen LogP contribution in [0.15, 0.2) is 40.1 Å². The van der Waals surface area contributed by atoms with Crippen molar-refractivity contribution in [3.05, 3.63) is 40.5 Å². The second kappa shape index (κ2) is 7.46. The SMILES string of the molecule is COc1ccc(C(=O)N(C)Nc2nc(SC)ncc2Br)cc1. The molecule has 0 atom stereocenters. The van der Waals surface area contributed by atoms with Gasteiger partial charge in [0.2, 0.25) is 0 Å². The van der Waals surface area contributed by atoms with E-state index in [1.165, 1.54) is 16.8 Å². The number of carbonyl (C=O) groups excluding carboxylic acids is 1. The van der Waals surface area contributed by atoms with Crippen LogP contribution in [0, 0.1) is 0 Å². The summed E-state index contributed by atoms with van der Waals surface area (Å²) in [5.74, 6) is 1.05. The number of ether oxygens (including phenoxy) is 1. The average molecular weight is 383 g/mol. The van der Waals surface area contributed by atoms with E-state index in [9.17, 15) is 4.79 Å². The van der Waals surface area contributed by atoms with Crippen LogP contribution in [0.5, 0.6) is 5.75 Å². The first-order valence-corrected chi connectivity index (χ1v) is 8.32. The largest absolute Gasteiger partial charge is 0.497 e. The maximum atomic E-state index is 12.4.